The lowest BCUT2D eigenvalue weighted by molar-refractivity contribution is 0.884. The van der Waals surface area contributed by atoms with Crippen molar-refractivity contribution in [1.82, 2.24) is 9.97 Å². The molecule has 71 valence electrons. The van der Waals surface area contributed by atoms with Crippen LogP contribution in [0.1, 0.15) is 19.0 Å². The molecule has 2 nitrogen and oxygen atoms in total. The first-order valence-electron chi connectivity index (χ1n) is 4.68. The van der Waals surface area contributed by atoms with E-state index in [0.29, 0.717) is 0 Å². The second-order valence-electron chi connectivity index (χ2n) is 3.05. The van der Waals surface area contributed by atoms with E-state index in [1.807, 2.05) is 12.1 Å². The lowest BCUT2D eigenvalue weighted by atomic mass is 10.2. The van der Waals surface area contributed by atoms with Gasteiger partial charge in [0.25, 0.3) is 0 Å². The van der Waals surface area contributed by atoms with Gasteiger partial charge in [-0.05, 0) is 18.6 Å². The van der Waals surface area contributed by atoms with E-state index in [1.165, 1.54) is 11.3 Å². The molecule has 0 amide bonds. The molecule has 2 aromatic rings. The predicted molar refractivity (Wildman–Crippen MR) is 58.2 cm³/mol. The maximum atomic E-state index is 4.53. The summed E-state index contributed by atoms with van der Waals surface area (Å²) in [5, 5.41) is 3.92. The fraction of sp³-hybridized carbons (Fsp3) is 0.273. The molecule has 2 aromatic heterocycles. The molecular formula is C11H11N2S. The number of aromatic nitrogens is 2. The highest BCUT2D eigenvalue weighted by Gasteiger charge is 2.02. The Kier molecular flexibility index (Phi) is 2.89. The van der Waals surface area contributed by atoms with E-state index < -0.39 is 0 Å². The third-order valence-corrected chi connectivity index (χ3v) is 2.65. The van der Waals surface area contributed by atoms with E-state index in [1.54, 1.807) is 6.20 Å². The summed E-state index contributed by atoms with van der Waals surface area (Å²) in [5.41, 5.74) is 2.10. The largest absolute Gasteiger partial charge is 0.250 e. The molecule has 0 aliphatic carbocycles. The number of rotatable bonds is 3. The summed E-state index contributed by atoms with van der Waals surface area (Å²) in [7, 11) is 0. The second-order valence-corrected chi connectivity index (χ2v) is 3.87. The van der Waals surface area contributed by atoms with Crippen molar-refractivity contribution in [2.45, 2.75) is 19.8 Å². The molecule has 0 spiro atoms. The van der Waals surface area contributed by atoms with E-state index in [9.17, 15) is 0 Å². The zero-order valence-electron chi connectivity index (χ0n) is 8.03. The van der Waals surface area contributed by atoms with Gasteiger partial charge in [0, 0.05) is 11.9 Å². The summed E-state index contributed by atoms with van der Waals surface area (Å²) in [4.78, 5) is 8.72. The lowest BCUT2D eigenvalue weighted by Gasteiger charge is -1.99. The van der Waals surface area contributed by atoms with Crippen LogP contribution in [0.25, 0.3) is 10.7 Å². The van der Waals surface area contributed by atoms with E-state index in [4.69, 9.17) is 0 Å². The minimum absolute atomic E-state index is 0.947. The van der Waals surface area contributed by atoms with Gasteiger partial charge in [0.1, 0.15) is 5.01 Å². The van der Waals surface area contributed by atoms with Crippen LogP contribution < -0.4 is 0 Å². The molecule has 0 atom stereocenters. The molecule has 2 heterocycles. The van der Waals surface area contributed by atoms with Crippen LogP contribution in [0, 0.1) is 5.38 Å². The molecule has 0 unspecified atom stereocenters. The highest BCUT2D eigenvalue weighted by molar-refractivity contribution is 7.12. The lowest BCUT2D eigenvalue weighted by Crippen LogP contribution is -1.90. The van der Waals surface area contributed by atoms with Crippen molar-refractivity contribution < 1.29 is 0 Å². The number of hydrogen-bond donors (Lipinski definition) is 0. The maximum absolute atomic E-state index is 4.53. The Morgan fingerprint density at radius 3 is 3.07 bits per heavy atom. The van der Waals surface area contributed by atoms with Crippen LogP contribution in [0.5, 0.6) is 0 Å². The Bertz CT molecular complexity index is 395. The fourth-order valence-electron chi connectivity index (χ4n) is 1.31. The zero-order valence-corrected chi connectivity index (χ0v) is 8.84. The monoisotopic (exact) mass is 203 g/mol. The first-order valence-corrected chi connectivity index (χ1v) is 5.50. The van der Waals surface area contributed by atoms with Gasteiger partial charge in [0.15, 0.2) is 0 Å². The third-order valence-electron chi connectivity index (χ3n) is 1.92. The average Bonchev–Trinajstić information content (AvgIpc) is 2.71. The van der Waals surface area contributed by atoms with Crippen LogP contribution in [0.3, 0.4) is 0 Å². The SMILES string of the molecule is CCCc1cccc(-c2nc[c]s2)n1. The van der Waals surface area contributed by atoms with Gasteiger partial charge in [-0.1, -0.05) is 19.4 Å². The Morgan fingerprint density at radius 2 is 2.36 bits per heavy atom. The first kappa shape index (κ1) is 9.34. The van der Waals surface area contributed by atoms with Crippen LogP contribution in [-0.4, -0.2) is 9.97 Å². The minimum atomic E-state index is 0.947. The first-order chi connectivity index (χ1) is 6.90. The summed E-state index contributed by atoms with van der Waals surface area (Å²) in [6.07, 6.45) is 3.84. The molecule has 2 rings (SSSR count). The van der Waals surface area contributed by atoms with Crippen molar-refractivity contribution in [1.29, 1.82) is 0 Å². The molecule has 0 fully saturated rings. The summed E-state index contributed by atoms with van der Waals surface area (Å²) in [6.45, 7) is 2.16. The van der Waals surface area contributed by atoms with Gasteiger partial charge in [-0.2, -0.15) is 0 Å². The van der Waals surface area contributed by atoms with E-state index in [2.05, 4.69) is 28.3 Å². The van der Waals surface area contributed by atoms with Crippen molar-refractivity contribution in [2.75, 3.05) is 0 Å². The smallest absolute Gasteiger partial charge is 0.142 e. The summed E-state index contributed by atoms with van der Waals surface area (Å²) in [6, 6.07) is 6.09. The number of thiazole rings is 1. The van der Waals surface area contributed by atoms with Gasteiger partial charge in [-0.3, -0.25) is 4.98 Å². The summed E-state index contributed by atoms with van der Waals surface area (Å²) in [5.74, 6) is 0. The number of nitrogens with zero attached hydrogens (tertiary/aromatic N) is 2. The van der Waals surface area contributed by atoms with Gasteiger partial charge in [-0.25, -0.2) is 4.98 Å². The number of pyridine rings is 1. The Morgan fingerprint density at radius 1 is 1.43 bits per heavy atom. The van der Waals surface area contributed by atoms with E-state index in [0.717, 1.165) is 29.2 Å². The van der Waals surface area contributed by atoms with E-state index >= 15 is 0 Å². The molecule has 0 N–H and O–H groups in total. The van der Waals surface area contributed by atoms with Crippen LogP contribution in [0.4, 0.5) is 0 Å². The van der Waals surface area contributed by atoms with Crippen LogP contribution in [0.2, 0.25) is 0 Å². The highest BCUT2D eigenvalue weighted by Crippen LogP contribution is 2.19. The summed E-state index contributed by atoms with van der Waals surface area (Å²) < 4.78 is 0. The topological polar surface area (TPSA) is 25.8 Å². The quantitative estimate of drug-likeness (QED) is 0.766. The molecule has 0 aliphatic heterocycles. The normalized spacial score (nSPS) is 10.4. The highest BCUT2D eigenvalue weighted by atomic mass is 32.1. The molecule has 14 heavy (non-hydrogen) atoms. The molecule has 0 aliphatic rings. The Labute approximate surface area is 87.7 Å². The van der Waals surface area contributed by atoms with Gasteiger partial charge in [0.2, 0.25) is 0 Å². The minimum Gasteiger partial charge on any atom is -0.250 e. The Balaban J connectivity index is 2.31. The number of aryl methyl sites for hydroxylation is 1. The van der Waals surface area contributed by atoms with Crippen molar-refractivity contribution >= 4 is 11.3 Å². The standard InChI is InChI=1S/C11H11N2S/c1-2-4-9-5-3-6-10(13-9)11-12-7-8-14-11/h3,5-7H,2,4H2,1H3. The fourth-order valence-corrected chi connectivity index (χ4v) is 1.85. The summed E-state index contributed by atoms with van der Waals surface area (Å²) >= 11 is 1.50. The Hall–Kier alpha value is -1.22. The van der Waals surface area contributed by atoms with Crippen LogP contribution in [0.15, 0.2) is 24.4 Å². The van der Waals surface area contributed by atoms with E-state index in [-0.39, 0.29) is 0 Å². The predicted octanol–water partition coefficient (Wildman–Crippen LogP) is 2.96. The molecular weight excluding hydrogens is 192 g/mol. The number of hydrogen-bond acceptors (Lipinski definition) is 3. The van der Waals surface area contributed by atoms with Gasteiger partial charge < -0.3 is 0 Å². The molecule has 3 heteroatoms. The van der Waals surface area contributed by atoms with Gasteiger partial charge in [0.05, 0.1) is 11.1 Å². The second kappa shape index (κ2) is 4.33. The average molecular weight is 203 g/mol. The molecule has 0 bridgehead atoms. The van der Waals surface area contributed by atoms with Crippen LogP contribution in [-0.2, 0) is 6.42 Å². The molecule has 0 aromatic carbocycles. The molecule has 0 saturated carbocycles. The maximum Gasteiger partial charge on any atom is 0.142 e. The molecule has 0 saturated heterocycles. The third kappa shape index (κ3) is 1.99. The van der Waals surface area contributed by atoms with Gasteiger partial charge in [-0.15, -0.1) is 11.3 Å². The van der Waals surface area contributed by atoms with Gasteiger partial charge >= 0.3 is 0 Å². The zero-order chi connectivity index (χ0) is 9.80. The van der Waals surface area contributed by atoms with Crippen molar-refractivity contribution in [3.05, 3.63) is 35.5 Å². The molecule has 1 radical (unpaired) electrons. The van der Waals surface area contributed by atoms with Crippen molar-refractivity contribution in [2.24, 2.45) is 0 Å². The van der Waals surface area contributed by atoms with Crippen molar-refractivity contribution in [3.63, 3.8) is 0 Å². The van der Waals surface area contributed by atoms with Crippen LogP contribution >= 0.6 is 11.3 Å². The van der Waals surface area contributed by atoms with Crippen molar-refractivity contribution in [3.8, 4) is 10.7 Å².